The van der Waals surface area contributed by atoms with E-state index in [2.05, 4.69) is 4.99 Å². The molecule has 1 aliphatic rings. The molecule has 0 atom stereocenters. The predicted octanol–water partition coefficient (Wildman–Crippen LogP) is 1.05. The van der Waals surface area contributed by atoms with Crippen LogP contribution in [0.15, 0.2) is 34.6 Å². The third-order valence-corrected chi connectivity index (χ3v) is 2.22. The van der Waals surface area contributed by atoms with Crippen LogP contribution in [0.5, 0.6) is 11.5 Å². The van der Waals surface area contributed by atoms with Crippen molar-refractivity contribution < 1.29 is 9.47 Å². The Kier molecular flexibility index (Phi) is 3.13. The molecular weight excluding hydrogens is 232 g/mol. The molecule has 0 aromatic heterocycles. The maximum atomic E-state index is 8.76. The molecule has 0 unspecified atom stereocenters. The summed E-state index contributed by atoms with van der Waals surface area (Å²) in [6.07, 6.45) is 1.44. The lowest BCUT2D eigenvalue weighted by molar-refractivity contribution is 0.174. The van der Waals surface area contributed by atoms with Crippen LogP contribution in [-0.4, -0.2) is 13.0 Å². The lowest BCUT2D eigenvalue weighted by Crippen LogP contribution is -1.97. The number of rotatable bonds is 2. The molecule has 0 aliphatic carbocycles. The van der Waals surface area contributed by atoms with Gasteiger partial charge in [0, 0.05) is 6.21 Å². The molecule has 0 spiro atoms. The molecular formula is C12H8N4O2. The van der Waals surface area contributed by atoms with Crippen molar-refractivity contribution >= 4 is 6.21 Å². The average Bonchev–Trinajstić information content (AvgIpc) is 2.86. The molecule has 2 N–H and O–H groups in total. The number of aliphatic imine (C=N–C) groups is 1. The molecule has 0 amide bonds. The Hall–Kier alpha value is -2.99. The fourth-order valence-electron chi connectivity index (χ4n) is 1.34. The van der Waals surface area contributed by atoms with Crippen LogP contribution in [-0.2, 0) is 0 Å². The Morgan fingerprint density at radius 3 is 2.78 bits per heavy atom. The molecule has 1 aliphatic heterocycles. The second-order valence-corrected chi connectivity index (χ2v) is 3.36. The molecule has 6 nitrogen and oxygen atoms in total. The molecule has 0 radical (unpaired) electrons. The van der Waals surface area contributed by atoms with E-state index >= 15 is 0 Å². The SMILES string of the molecule is N#C/C(N)=C(\C#N)N=Cc1ccc2c(c1)OCO2. The zero-order valence-electron chi connectivity index (χ0n) is 9.25. The van der Waals surface area contributed by atoms with Crippen LogP contribution in [0.2, 0.25) is 0 Å². The van der Waals surface area contributed by atoms with Crippen LogP contribution in [0.25, 0.3) is 0 Å². The molecule has 88 valence electrons. The van der Waals surface area contributed by atoms with Crippen molar-refractivity contribution in [3.05, 3.63) is 35.2 Å². The highest BCUT2D eigenvalue weighted by molar-refractivity contribution is 5.82. The topological polar surface area (TPSA) is 104 Å². The van der Waals surface area contributed by atoms with Crippen molar-refractivity contribution in [3.8, 4) is 23.6 Å². The van der Waals surface area contributed by atoms with Gasteiger partial charge in [-0.1, -0.05) is 0 Å². The Balaban J connectivity index is 2.25. The number of nitrogens with two attached hydrogens (primary N) is 1. The van der Waals surface area contributed by atoms with E-state index in [0.29, 0.717) is 11.5 Å². The lowest BCUT2D eigenvalue weighted by atomic mass is 10.2. The van der Waals surface area contributed by atoms with Crippen molar-refractivity contribution in [2.75, 3.05) is 6.79 Å². The first-order valence-electron chi connectivity index (χ1n) is 4.98. The molecule has 1 aromatic rings. The molecule has 18 heavy (non-hydrogen) atoms. The van der Waals surface area contributed by atoms with E-state index in [0.717, 1.165) is 5.56 Å². The summed E-state index contributed by atoms with van der Waals surface area (Å²) in [5.74, 6) is 1.29. The third kappa shape index (κ3) is 2.23. The van der Waals surface area contributed by atoms with Crippen molar-refractivity contribution in [2.45, 2.75) is 0 Å². The normalized spacial score (nSPS) is 13.9. The van der Waals surface area contributed by atoms with E-state index in [-0.39, 0.29) is 18.2 Å². The summed E-state index contributed by atoms with van der Waals surface area (Å²) in [7, 11) is 0. The quantitative estimate of drug-likeness (QED) is 0.614. The summed E-state index contributed by atoms with van der Waals surface area (Å²) in [6.45, 7) is 0.195. The number of fused-ring (bicyclic) bond motifs is 1. The van der Waals surface area contributed by atoms with Crippen molar-refractivity contribution in [1.29, 1.82) is 10.5 Å². The van der Waals surface area contributed by atoms with Gasteiger partial charge in [-0.15, -0.1) is 0 Å². The number of allylic oxidation sites excluding steroid dienone is 2. The average molecular weight is 240 g/mol. The minimum absolute atomic E-state index is 0.116. The van der Waals surface area contributed by atoms with E-state index < -0.39 is 0 Å². The van der Waals surface area contributed by atoms with E-state index in [1.54, 1.807) is 30.3 Å². The van der Waals surface area contributed by atoms with Gasteiger partial charge in [-0.3, -0.25) is 0 Å². The zero-order valence-corrected chi connectivity index (χ0v) is 9.25. The number of hydrogen-bond donors (Lipinski definition) is 1. The Morgan fingerprint density at radius 1 is 1.28 bits per heavy atom. The molecule has 6 heteroatoms. The minimum Gasteiger partial charge on any atom is -0.454 e. The Bertz CT molecular complexity index is 620. The standard InChI is InChI=1S/C12H8N4O2/c13-4-9(15)10(5-14)16-6-8-1-2-11-12(3-8)18-7-17-11/h1-3,6H,7,15H2/b10-9-,16-6?. The number of nitriles is 2. The van der Waals surface area contributed by atoms with Gasteiger partial charge in [0.05, 0.1) is 0 Å². The van der Waals surface area contributed by atoms with Crippen LogP contribution >= 0.6 is 0 Å². The number of nitrogens with zero attached hydrogens (tertiary/aromatic N) is 3. The molecule has 2 rings (SSSR count). The molecule has 0 saturated heterocycles. The van der Waals surface area contributed by atoms with Gasteiger partial charge in [0.1, 0.15) is 17.8 Å². The summed E-state index contributed by atoms with van der Waals surface area (Å²) in [5, 5.41) is 17.3. The predicted molar refractivity (Wildman–Crippen MR) is 62.6 cm³/mol. The van der Waals surface area contributed by atoms with Crippen LogP contribution in [0, 0.1) is 22.7 Å². The van der Waals surface area contributed by atoms with Gasteiger partial charge in [0.2, 0.25) is 6.79 Å². The number of benzene rings is 1. The summed E-state index contributed by atoms with van der Waals surface area (Å²) < 4.78 is 10.4. The number of ether oxygens (including phenoxy) is 2. The minimum atomic E-state index is -0.213. The summed E-state index contributed by atoms with van der Waals surface area (Å²) in [6, 6.07) is 8.65. The van der Waals surface area contributed by atoms with E-state index in [1.807, 2.05) is 0 Å². The summed E-state index contributed by atoms with van der Waals surface area (Å²) in [4.78, 5) is 3.86. The molecule has 0 fully saturated rings. The van der Waals surface area contributed by atoms with Gasteiger partial charge in [-0.2, -0.15) is 10.5 Å². The molecule has 0 saturated carbocycles. The summed E-state index contributed by atoms with van der Waals surface area (Å²) in [5.41, 5.74) is 5.71. The second-order valence-electron chi connectivity index (χ2n) is 3.36. The highest BCUT2D eigenvalue weighted by Gasteiger charge is 2.12. The van der Waals surface area contributed by atoms with Gasteiger partial charge in [0.15, 0.2) is 17.2 Å². The van der Waals surface area contributed by atoms with Gasteiger partial charge < -0.3 is 15.2 Å². The Morgan fingerprint density at radius 2 is 2.06 bits per heavy atom. The maximum absolute atomic E-state index is 8.76. The first kappa shape index (κ1) is 11.5. The summed E-state index contributed by atoms with van der Waals surface area (Å²) >= 11 is 0. The monoisotopic (exact) mass is 240 g/mol. The number of hydrogen-bond acceptors (Lipinski definition) is 6. The fraction of sp³-hybridized carbons (Fsp3) is 0.0833. The highest BCUT2D eigenvalue weighted by atomic mass is 16.7. The van der Waals surface area contributed by atoms with Crippen molar-refractivity contribution in [3.63, 3.8) is 0 Å². The molecule has 0 bridgehead atoms. The van der Waals surface area contributed by atoms with E-state index in [9.17, 15) is 0 Å². The first-order valence-corrected chi connectivity index (χ1v) is 4.98. The smallest absolute Gasteiger partial charge is 0.231 e. The lowest BCUT2D eigenvalue weighted by Gasteiger charge is -1.97. The maximum Gasteiger partial charge on any atom is 0.231 e. The van der Waals surface area contributed by atoms with E-state index in [4.69, 9.17) is 25.7 Å². The highest BCUT2D eigenvalue weighted by Crippen LogP contribution is 2.31. The van der Waals surface area contributed by atoms with Crippen LogP contribution in [0.1, 0.15) is 5.56 Å². The largest absolute Gasteiger partial charge is 0.454 e. The molecule has 1 heterocycles. The van der Waals surface area contributed by atoms with Gasteiger partial charge in [-0.25, -0.2) is 4.99 Å². The van der Waals surface area contributed by atoms with Crippen molar-refractivity contribution in [2.24, 2.45) is 10.7 Å². The third-order valence-electron chi connectivity index (χ3n) is 2.22. The van der Waals surface area contributed by atoms with Gasteiger partial charge in [-0.05, 0) is 23.8 Å². The van der Waals surface area contributed by atoms with Gasteiger partial charge in [0.25, 0.3) is 0 Å². The molecule has 1 aromatic carbocycles. The van der Waals surface area contributed by atoms with Crippen molar-refractivity contribution in [1.82, 2.24) is 0 Å². The Labute approximate surface area is 103 Å². The van der Waals surface area contributed by atoms with Crippen LogP contribution in [0.3, 0.4) is 0 Å². The first-order chi connectivity index (χ1) is 8.74. The second kappa shape index (κ2) is 4.89. The van der Waals surface area contributed by atoms with E-state index in [1.165, 1.54) is 6.21 Å². The van der Waals surface area contributed by atoms with Crippen LogP contribution < -0.4 is 15.2 Å². The van der Waals surface area contributed by atoms with Crippen LogP contribution in [0.4, 0.5) is 0 Å². The van der Waals surface area contributed by atoms with Gasteiger partial charge >= 0.3 is 0 Å². The zero-order chi connectivity index (χ0) is 13.0. The fourth-order valence-corrected chi connectivity index (χ4v) is 1.34.